The molecule has 30 heavy (non-hydrogen) atoms. The number of rotatable bonds is 3. The second kappa shape index (κ2) is 7.70. The van der Waals surface area contributed by atoms with E-state index in [0.29, 0.717) is 24.4 Å². The number of hydrogen-bond acceptors (Lipinski definition) is 8. The third-order valence-corrected chi connectivity index (χ3v) is 5.80. The standard InChI is InChI=1S/C22H22N6O2/c29-19-5-2-1-4-16(19)15-12-18-17(20(30)13-15)14-25-22(26-18)28-10-8-27(9-11-28)21-23-6-3-7-24-21/h1-7,14-15,29H,8-13H2/t15-/m1/s1. The molecule has 1 saturated heterocycles. The molecule has 0 radical (unpaired) electrons. The van der Waals surface area contributed by atoms with E-state index in [9.17, 15) is 9.90 Å². The smallest absolute Gasteiger partial charge is 0.225 e. The molecular weight excluding hydrogens is 380 g/mol. The zero-order chi connectivity index (χ0) is 20.5. The fraction of sp³-hybridized carbons (Fsp3) is 0.318. The van der Waals surface area contributed by atoms with E-state index in [1.54, 1.807) is 30.7 Å². The van der Waals surface area contributed by atoms with Gasteiger partial charge in [0.2, 0.25) is 11.9 Å². The molecule has 0 saturated carbocycles. The Morgan fingerprint density at radius 3 is 2.30 bits per heavy atom. The van der Waals surface area contributed by atoms with Crippen LogP contribution in [-0.2, 0) is 6.42 Å². The summed E-state index contributed by atoms with van der Waals surface area (Å²) in [5.41, 5.74) is 2.16. The van der Waals surface area contributed by atoms with Gasteiger partial charge in [-0.2, -0.15) is 0 Å². The third kappa shape index (κ3) is 3.45. The second-order valence-electron chi connectivity index (χ2n) is 7.64. The summed E-state index contributed by atoms with van der Waals surface area (Å²) in [5, 5.41) is 10.2. The van der Waals surface area contributed by atoms with Crippen LogP contribution in [0.3, 0.4) is 0 Å². The van der Waals surface area contributed by atoms with Crippen molar-refractivity contribution >= 4 is 17.7 Å². The average Bonchev–Trinajstić information content (AvgIpc) is 2.80. The quantitative estimate of drug-likeness (QED) is 0.713. The van der Waals surface area contributed by atoms with Crippen LogP contribution in [0.2, 0.25) is 0 Å². The lowest BCUT2D eigenvalue weighted by Crippen LogP contribution is -2.47. The maximum Gasteiger partial charge on any atom is 0.225 e. The minimum atomic E-state index is -0.0685. The number of fused-ring (bicyclic) bond motifs is 1. The molecule has 0 bridgehead atoms. The lowest BCUT2D eigenvalue weighted by atomic mass is 9.82. The summed E-state index contributed by atoms with van der Waals surface area (Å²) in [6.45, 7) is 3.08. The molecule has 1 aromatic carbocycles. The number of hydrogen-bond donors (Lipinski definition) is 1. The van der Waals surface area contributed by atoms with Gasteiger partial charge in [-0.3, -0.25) is 4.79 Å². The van der Waals surface area contributed by atoms with Gasteiger partial charge in [0.05, 0.1) is 11.3 Å². The van der Waals surface area contributed by atoms with Crippen molar-refractivity contribution in [3.8, 4) is 5.75 Å². The van der Waals surface area contributed by atoms with Gasteiger partial charge in [0.15, 0.2) is 5.78 Å². The first-order chi connectivity index (χ1) is 14.7. The summed E-state index contributed by atoms with van der Waals surface area (Å²) in [4.78, 5) is 34.8. The lowest BCUT2D eigenvalue weighted by Gasteiger charge is -2.35. The molecule has 0 unspecified atom stereocenters. The summed E-state index contributed by atoms with van der Waals surface area (Å²) in [6.07, 6.45) is 6.14. The van der Waals surface area contributed by atoms with E-state index in [2.05, 4.69) is 24.8 Å². The minimum Gasteiger partial charge on any atom is -0.508 e. The van der Waals surface area contributed by atoms with Gasteiger partial charge in [0.1, 0.15) is 5.75 Å². The van der Waals surface area contributed by atoms with E-state index in [1.165, 1.54) is 0 Å². The largest absolute Gasteiger partial charge is 0.508 e. The Bertz CT molecular complexity index is 1070. The number of para-hydroxylation sites is 1. The van der Waals surface area contributed by atoms with Crippen LogP contribution in [0.5, 0.6) is 5.75 Å². The molecule has 8 heteroatoms. The molecule has 8 nitrogen and oxygen atoms in total. The van der Waals surface area contributed by atoms with Crippen LogP contribution in [0.4, 0.5) is 11.9 Å². The maximum absolute atomic E-state index is 12.7. The topological polar surface area (TPSA) is 95.3 Å². The van der Waals surface area contributed by atoms with Crippen molar-refractivity contribution in [3.05, 3.63) is 65.7 Å². The molecule has 1 fully saturated rings. The number of anilines is 2. The molecule has 2 aromatic heterocycles. The number of carbonyl (C=O) groups is 1. The van der Waals surface area contributed by atoms with Crippen molar-refractivity contribution in [3.63, 3.8) is 0 Å². The molecular formula is C22H22N6O2. The predicted molar refractivity (Wildman–Crippen MR) is 112 cm³/mol. The zero-order valence-electron chi connectivity index (χ0n) is 16.5. The average molecular weight is 402 g/mol. The van der Waals surface area contributed by atoms with Gasteiger partial charge in [-0.05, 0) is 24.1 Å². The summed E-state index contributed by atoms with van der Waals surface area (Å²) >= 11 is 0. The van der Waals surface area contributed by atoms with Crippen molar-refractivity contribution in [1.82, 2.24) is 19.9 Å². The highest BCUT2D eigenvalue weighted by molar-refractivity contribution is 5.98. The fourth-order valence-corrected chi connectivity index (χ4v) is 4.20. The van der Waals surface area contributed by atoms with E-state index >= 15 is 0 Å². The molecule has 1 aliphatic carbocycles. The summed E-state index contributed by atoms with van der Waals surface area (Å²) < 4.78 is 0. The van der Waals surface area contributed by atoms with E-state index in [4.69, 9.17) is 4.98 Å². The van der Waals surface area contributed by atoms with Crippen LogP contribution in [-0.4, -0.2) is 57.0 Å². The molecule has 3 aromatic rings. The SMILES string of the molecule is O=C1C[C@H](c2ccccc2O)Cc2nc(N3CCN(c4ncccn4)CC3)ncc21. The van der Waals surface area contributed by atoms with Crippen molar-refractivity contribution in [2.24, 2.45) is 0 Å². The van der Waals surface area contributed by atoms with Gasteiger partial charge in [-0.1, -0.05) is 18.2 Å². The number of Topliss-reactive ketones (excluding diaryl/α,β-unsaturated/α-hetero) is 1. The highest BCUT2D eigenvalue weighted by Crippen LogP contribution is 2.36. The lowest BCUT2D eigenvalue weighted by molar-refractivity contribution is 0.0962. The van der Waals surface area contributed by atoms with Crippen LogP contribution >= 0.6 is 0 Å². The van der Waals surface area contributed by atoms with Crippen molar-refractivity contribution in [1.29, 1.82) is 0 Å². The molecule has 5 rings (SSSR count). The van der Waals surface area contributed by atoms with Crippen LogP contribution in [0.25, 0.3) is 0 Å². The van der Waals surface area contributed by atoms with Gasteiger partial charge >= 0.3 is 0 Å². The minimum absolute atomic E-state index is 0.0297. The molecule has 0 amide bonds. The third-order valence-electron chi connectivity index (χ3n) is 5.80. The summed E-state index contributed by atoms with van der Waals surface area (Å²) in [5.74, 6) is 1.57. The van der Waals surface area contributed by atoms with E-state index in [-0.39, 0.29) is 17.5 Å². The molecule has 2 aliphatic rings. The zero-order valence-corrected chi connectivity index (χ0v) is 16.5. The molecule has 1 atom stereocenters. The number of ketones is 1. The van der Waals surface area contributed by atoms with Crippen molar-refractivity contribution < 1.29 is 9.90 Å². The molecule has 1 aliphatic heterocycles. The highest BCUT2D eigenvalue weighted by atomic mass is 16.3. The van der Waals surface area contributed by atoms with Gasteiger partial charge < -0.3 is 14.9 Å². The van der Waals surface area contributed by atoms with Gasteiger partial charge in [-0.15, -0.1) is 0 Å². The first kappa shape index (κ1) is 18.5. The summed E-state index contributed by atoms with van der Waals surface area (Å²) in [6, 6.07) is 9.03. The number of aromatic hydroxyl groups is 1. The Hall–Kier alpha value is -3.55. The van der Waals surface area contributed by atoms with Crippen molar-refractivity contribution in [2.75, 3.05) is 36.0 Å². The van der Waals surface area contributed by atoms with Crippen LogP contribution < -0.4 is 9.80 Å². The second-order valence-corrected chi connectivity index (χ2v) is 7.64. The molecule has 1 N–H and O–H groups in total. The predicted octanol–water partition coefficient (Wildman–Crippen LogP) is 2.21. The highest BCUT2D eigenvalue weighted by Gasteiger charge is 2.30. The van der Waals surface area contributed by atoms with Crippen LogP contribution in [0, 0.1) is 0 Å². The van der Waals surface area contributed by atoms with Gasteiger partial charge in [-0.25, -0.2) is 19.9 Å². The van der Waals surface area contributed by atoms with Crippen LogP contribution in [0.1, 0.15) is 34.0 Å². The first-order valence-electron chi connectivity index (χ1n) is 10.1. The normalized spacial score (nSPS) is 18.9. The number of benzene rings is 1. The Morgan fingerprint density at radius 1 is 0.867 bits per heavy atom. The van der Waals surface area contributed by atoms with Gasteiger partial charge in [0, 0.05) is 57.1 Å². The van der Waals surface area contributed by atoms with Crippen LogP contribution in [0.15, 0.2) is 48.9 Å². The maximum atomic E-state index is 12.7. The molecule has 3 heterocycles. The van der Waals surface area contributed by atoms with E-state index < -0.39 is 0 Å². The summed E-state index contributed by atoms with van der Waals surface area (Å²) in [7, 11) is 0. The number of piperazine rings is 1. The number of phenolic OH excluding ortho intramolecular Hbond substituents is 1. The molecule has 152 valence electrons. The van der Waals surface area contributed by atoms with Crippen molar-refractivity contribution in [2.45, 2.75) is 18.8 Å². The fourth-order valence-electron chi connectivity index (χ4n) is 4.20. The van der Waals surface area contributed by atoms with Gasteiger partial charge in [0.25, 0.3) is 0 Å². The van der Waals surface area contributed by atoms with E-state index in [0.717, 1.165) is 43.4 Å². The number of phenols is 1. The Morgan fingerprint density at radius 2 is 1.57 bits per heavy atom. The Balaban J connectivity index is 1.34. The monoisotopic (exact) mass is 402 g/mol. The Labute approximate surface area is 174 Å². The molecule has 0 spiro atoms. The Kier molecular flexibility index (Phi) is 4.74. The first-order valence-corrected chi connectivity index (χ1v) is 10.1. The number of aromatic nitrogens is 4. The van der Waals surface area contributed by atoms with E-state index in [1.807, 2.05) is 18.2 Å². The number of nitrogens with zero attached hydrogens (tertiary/aromatic N) is 6. The number of carbonyl (C=O) groups excluding carboxylic acids is 1.